The van der Waals surface area contributed by atoms with Crippen molar-refractivity contribution in [2.45, 2.75) is 38.8 Å². The summed E-state index contributed by atoms with van der Waals surface area (Å²) in [5, 5.41) is 6.93. The molecule has 2 heterocycles. The Morgan fingerprint density at radius 2 is 2.44 bits per heavy atom. The van der Waals surface area contributed by atoms with Gasteiger partial charge in [-0.05, 0) is 20.3 Å². The first kappa shape index (κ1) is 12.8. The molecule has 0 saturated heterocycles. The summed E-state index contributed by atoms with van der Waals surface area (Å²) in [6.07, 6.45) is -2.24. The van der Waals surface area contributed by atoms with E-state index in [-0.39, 0.29) is 24.8 Å². The average Bonchev–Trinajstić information content (AvgIpc) is 2.71. The second-order valence-electron chi connectivity index (χ2n) is 4.26. The fourth-order valence-corrected chi connectivity index (χ4v) is 2.04. The van der Waals surface area contributed by atoms with Crippen molar-refractivity contribution in [3.05, 3.63) is 11.8 Å². The molecule has 0 saturated carbocycles. The molecular weight excluding hydrogens is 244 g/mol. The van der Waals surface area contributed by atoms with Crippen molar-refractivity contribution in [2.75, 3.05) is 11.9 Å². The van der Waals surface area contributed by atoms with Crippen LogP contribution in [0.25, 0.3) is 0 Å². The van der Waals surface area contributed by atoms with Gasteiger partial charge in [0, 0.05) is 12.1 Å². The number of carbonyl (C=O) groups is 1. The number of hydrogen-bond donors (Lipinski definition) is 1. The van der Waals surface area contributed by atoms with Crippen LogP contribution in [0, 0.1) is 0 Å². The Morgan fingerprint density at radius 3 is 3.06 bits per heavy atom. The number of rotatable bonds is 3. The van der Waals surface area contributed by atoms with Crippen molar-refractivity contribution in [3.8, 4) is 0 Å². The van der Waals surface area contributed by atoms with Crippen LogP contribution in [0.15, 0.2) is 6.07 Å². The number of alkyl halides is 2. The number of ether oxygens (including phenoxy) is 1. The third-order valence-corrected chi connectivity index (χ3v) is 2.81. The van der Waals surface area contributed by atoms with Crippen molar-refractivity contribution in [2.24, 2.45) is 0 Å². The zero-order chi connectivity index (χ0) is 13.3. The molecule has 0 aliphatic carbocycles. The summed E-state index contributed by atoms with van der Waals surface area (Å²) in [6, 6.07) is 0.367. The lowest BCUT2D eigenvalue weighted by atomic mass is 10.1. The Bertz CT molecular complexity index is 447. The molecule has 0 radical (unpaired) electrons. The number of nitrogens with one attached hydrogen (secondary N) is 1. The third-order valence-electron chi connectivity index (χ3n) is 2.81. The summed E-state index contributed by atoms with van der Waals surface area (Å²) in [7, 11) is 0. The molecule has 2 unspecified atom stereocenters. The molecular formula is C11H15F2N3O2. The number of carbonyl (C=O) groups excluding carboxylic acids is 1. The monoisotopic (exact) mass is 259 g/mol. The zero-order valence-corrected chi connectivity index (χ0v) is 10.2. The third kappa shape index (κ3) is 2.30. The van der Waals surface area contributed by atoms with Gasteiger partial charge in [-0.2, -0.15) is 5.10 Å². The van der Waals surface area contributed by atoms with E-state index in [0.717, 1.165) is 0 Å². The Kier molecular flexibility index (Phi) is 3.49. The van der Waals surface area contributed by atoms with Crippen molar-refractivity contribution in [3.63, 3.8) is 0 Å². The van der Waals surface area contributed by atoms with E-state index in [1.807, 2.05) is 6.92 Å². The van der Waals surface area contributed by atoms with E-state index in [2.05, 4.69) is 10.4 Å². The molecule has 1 aromatic rings. The van der Waals surface area contributed by atoms with Crippen LogP contribution >= 0.6 is 0 Å². The number of hydrogen-bond acceptors (Lipinski definition) is 4. The molecule has 0 amide bonds. The van der Waals surface area contributed by atoms with Crippen LogP contribution in [0.4, 0.5) is 14.6 Å². The molecule has 0 bridgehead atoms. The number of fused-ring (bicyclic) bond motifs is 1. The van der Waals surface area contributed by atoms with Gasteiger partial charge in [0.1, 0.15) is 11.9 Å². The summed E-state index contributed by atoms with van der Waals surface area (Å²) >= 11 is 0. The highest BCUT2D eigenvalue weighted by Crippen LogP contribution is 2.31. The highest BCUT2D eigenvalue weighted by atomic mass is 19.3. The van der Waals surface area contributed by atoms with Crippen LogP contribution in [-0.4, -0.2) is 34.8 Å². The van der Waals surface area contributed by atoms with Gasteiger partial charge in [0.15, 0.2) is 5.69 Å². The van der Waals surface area contributed by atoms with Gasteiger partial charge in [0.05, 0.1) is 6.61 Å². The minimum atomic E-state index is -2.51. The maximum absolute atomic E-state index is 12.9. The Balaban J connectivity index is 2.31. The molecule has 1 aliphatic rings. The highest BCUT2D eigenvalue weighted by molar-refractivity contribution is 5.88. The number of nitrogens with zero attached hydrogens (tertiary/aromatic N) is 2. The van der Waals surface area contributed by atoms with E-state index >= 15 is 0 Å². The maximum atomic E-state index is 12.9. The lowest BCUT2D eigenvalue weighted by Crippen LogP contribution is -2.33. The van der Waals surface area contributed by atoms with Gasteiger partial charge in [-0.1, -0.05) is 0 Å². The van der Waals surface area contributed by atoms with Crippen LogP contribution in [-0.2, 0) is 4.74 Å². The molecule has 0 spiro atoms. The van der Waals surface area contributed by atoms with Gasteiger partial charge in [0.25, 0.3) is 6.43 Å². The van der Waals surface area contributed by atoms with Gasteiger partial charge in [-0.3, -0.25) is 0 Å². The molecule has 5 nitrogen and oxygen atoms in total. The van der Waals surface area contributed by atoms with Crippen molar-refractivity contribution >= 4 is 11.8 Å². The molecule has 2 atom stereocenters. The van der Waals surface area contributed by atoms with Gasteiger partial charge in [-0.15, -0.1) is 0 Å². The normalized spacial score (nSPS) is 22.5. The first-order valence-corrected chi connectivity index (χ1v) is 5.84. The van der Waals surface area contributed by atoms with Crippen molar-refractivity contribution in [1.82, 2.24) is 9.78 Å². The van der Waals surface area contributed by atoms with E-state index in [9.17, 15) is 13.6 Å². The molecule has 7 heteroatoms. The van der Waals surface area contributed by atoms with E-state index in [1.54, 1.807) is 6.92 Å². The zero-order valence-electron chi connectivity index (χ0n) is 10.2. The molecule has 100 valence electrons. The van der Waals surface area contributed by atoms with E-state index < -0.39 is 18.4 Å². The molecule has 0 fully saturated rings. The Morgan fingerprint density at radius 1 is 1.72 bits per heavy atom. The van der Waals surface area contributed by atoms with Crippen molar-refractivity contribution < 1.29 is 18.3 Å². The Labute approximate surface area is 103 Å². The standard InChI is InChI=1S/C11H15F2N3O2/c1-3-18-11(17)7-5-9-14-6(2)4-8(10(12)13)16(9)15-7/h5-6,8,10,14H,3-4H2,1-2H3. The topological polar surface area (TPSA) is 56.2 Å². The fraction of sp³-hybridized carbons (Fsp3) is 0.636. The summed E-state index contributed by atoms with van der Waals surface area (Å²) in [5.41, 5.74) is 0.0547. The lowest BCUT2D eigenvalue weighted by molar-refractivity contribution is 0.0504. The van der Waals surface area contributed by atoms with E-state index in [0.29, 0.717) is 5.82 Å². The minimum absolute atomic E-state index is 0.0547. The van der Waals surface area contributed by atoms with Crippen LogP contribution in [0.3, 0.4) is 0 Å². The molecule has 0 aromatic carbocycles. The molecule has 18 heavy (non-hydrogen) atoms. The maximum Gasteiger partial charge on any atom is 0.358 e. The van der Waals surface area contributed by atoms with Crippen LogP contribution in [0.1, 0.15) is 36.8 Å². The summed E-state index contributed by atoms with van der Waals surface area (Å²) < 4.78 is 31.8. The fourth-order valence-electron chi connectivity index (χ4n) is 2.04. The average molecular weight is 259 g/mol. The molecule has 1 aliphatic heterocycles. The predicted molar refractivity (Wildman–Crippen MR) is 60.9 cm³/mol. The number of anilines is 1. The Hall–Kier alpha value is -1.66. The molecule has 1 aromatic heterocycles. The van der Waals surface area contributed by atoms with Crippen LogP contribution in [0.2, 0.25) is 0 Å². The second-order valence-corrected chi connectivity index (χ2v) is 4.26. The van der Waals surface area contributed by atoms with Gasteiger partial charge in [-0.25, -0.2) is 18.3 Å². The van der Waals surface area contributed by atoms with E-state index in [4.69, 9.17) is 4.74 Å². The quantitative estimate of drug-likeness (QED) is 0.844. The molecule has 1 N–H and O–H groups in total. The van der Waals surface area contributed by atoms with Gasteiger partial charge in [0.2, 0.25) is 0 Å². The minimum Gasteiger partial charge on any atom is -0.461 e. The highest BCUT2D eigenvalue weighted by Gasteiger charge is 2.33. The summed E-state index contributed by atoms with van der Waals surface area (Å²) in [5.74, 6) is -0.163. The smallest absolute Gasteiger partial charge is 0.358 e. The predicted octanol–water partition coefficient (Wildman–Crippen LogP) is 2.07. The summed E-state index contributed by atoms with van der Waals surface area (Å²) in [6.45, 7) is 3.72. The van der Waals surface area contributed by atoms with Crippen LogP contribution < -0.4 is 5.32 Å². The molecule has 2 rings (SSSR count). The number of esters is 1. The van der Waals surface area contributed by atoms with Gasteiger partial charge >= 0.3 is 5.97 Å². The summed E-state index contributed by atoms with van der Waals surface area (Å²) in [4.78, 5) is 11.5. The SMILES string of the molecule is CCOC(=O)c1cc2n(n1)C(C(F)F)CC(C)N2. The first-order valence-electron chi connectivity index (χ1n) is 5.84. The van der Waals surface area contributed by atoms with Gasteiger partial charge < -0.3 is 10.1 Å². The second kappa shape index (κ2) is 4.91. The van der Waals surface area contributed by atoms with E-state index in [1.165, 1.54) is 10.7 Å². The van der Waals surface area contributed by atoms with Crippen LogP contribution in [0.5, 0.6) is 0 Å². The largest absolute Gasteiger partial charge is 0.461 e. The van der Waals surface area contributed by atoms with Crippen molar-refractivity contribution in [1.29, 1.82) is 0 Å². The lowest BCUT2D eigenvalue weighted by Gasteiger charge is -2.29. The number of aromatic nitrogens is 2. The number of halogens is 2. The first-order chi connectivity index (χ1) is 8.52.